The maximum absolute atomic E-state index is 15.0. The summed E-state index contributed by atoms with van der Waals surface area (Å²) in [5.74, 6) is 0.348. The number of hydrogen-bond donors (Lipinski definition) is 1. The monoisotopic (exact) mass is 543 g/mol. The second-order valence-electron chi connectivity index (χ2n) is 12.0. The van der Waals surface area contributed by atoms with E-state index in [-0.39, 0.29) is 29.8 Å². The molecule has 40 heavy (non-hydrogen) atoms. The molecule has 0 aliphatic carbocycles. The van der Waals surface area contributed by atoms with Crippen LogP contribution in [0.2, 0.25) is 0 Å². The van der Waals surface area contributed by atoms with Gasteiger partial charge < -0.3 is 10.0 Å². The van der Waals surface area contributed by atoms with Gasteiger partial charge in [0.2, 0.25) is 0 Å². The summed E-state index contributed by atoms with van der Waals surface area (Å²) >= 11 is 0. The van der Waals surface area contributed by atoms with Crippen molar-refractivity contribution in [3.05, 3.63) is 83.4 Å². The van der Waals surface area contributed by atoms with Crippen LogP contribution in [0.3, 0.4) is 0 Å². The summed E-state index contributed by atoms with van der Waals surface area (Å²) in [7, 11) is 0. The standard InChI is InChI=1S/C37H53NO2/c1-7-16-30(17-8-2)38(31(18-9-3)19-10-4)37(40)35-32-23-15-14-22-29(32)24-25-33(35)36(39)34(27(5)6)26-28-20-12-11-13-21-28/h11-15,20-25,27,30-31,34,36,39H,7-10,16-19,26H2,1-6H3/t34-,36-/m0/s1. The Balaban J connectivity index is 2.20. The van der Waals surface area contributed by atoms with E-state index in [1.165, 1.54) is 5.56 Å². The largest absolute Gasteiger partial charge is 0.388 e. The van der Waals surface area contributed by atoms with E-state index in [1.54, 1.807) is 0 Å². The van der Waals surface area contributed by atoms with E-state index in [0.717, 1.165) is 74.1 Å². The fourth-order valence-electron chi connectivity index (χ4n) is 6.54. The van der Waals surface area contributed by atoms with Gasteiger partial charge >= 0.3 is 0 Å². The second-order valence-corrected chi connectivity index (χ2v) is 12.0. The van der Waals surface area contributed by atoms with Crippen molar-refractivity contribution in [2.75, 3.05) is 0 Å². The van der Waals surface area contributed by atoms with Crippen LogP contribution in [0.25, 0.3) is 10.8 Å². The van der Waals surface area contributed by atoms with Crippen LogP contribution in [0.5, 0.6) is 0 Å². The summed E-state index contributed by atoms with van der Waals surface area (Å²) in [5, 5.41) is 14.1. The van der Waals surface area contributed by atoms with Crippen LogP contribution in [-0.4, -0.2) is 28.0 Å². The van der Waals surface area contributed by atoms with E-state index in [0.29, 0.717) is 5.56 Å². The molecule has 3 aromatic carbocycles. The molecular weight excluding hydrogens is 490 g/mol. The number of fused-ring (bicyclic) bond motifs is 1. The average Bonchev–Trinajstić information content (AvgIpc) is 2.96. The number of aliphatic hydroxyl groups is 1. The van der Waals surface area contributed by atoms with Gasteiger partial charge in [-0.15, -0.1) is 0 Å². The highest BCUT2D eigenvalue weighted by molar-refractivity contribution is 6.08. The van der Waals surface area contributed by atoms with Crippen LogP contribution >= 0.6 is 0 Å². The summed E-state index contributed by atoms with van der Waals surface area (Å²) < 4.78 is 0. The molecule has 1 N–H and O–H groups in total. The first-order valence-corrected chi connectivity index (χ1v) is 15.9. The van der Waals surface area contributed by atoms with Gasteiger partial charge in [0.25, 0.3) is 5.91 Å². The molecule has 0 aliphatic heterocycles. The van der Waals surface area contributed by atoms with Gasteiger partial charge in [0, 0.05) is 12.1 Å². The topological polar surface area (TPSA) is 40.5 Å². The molecule has 3 nitrogen and oxygen atoms in total. The Morgan fingerprint density at radius 1 is 0.725 bits per heavy atom. The highest BCUT2D eigenvalue weighted by Gasteiger charge is 2.35. The molecule has 0 heterocycles. The summed E-state index contributed by atoms with van der Waals surface area (Å²) in [5.41, 5.74) is 2.70. The Morgan fingerprint density at radius 2 is 1.25 bits per heavy atom. The molecule has 0 saturated carbocycles. The predicted octanol–water partition coefficient (Wildman–Crippen LogP) is 9.77. The van der Waals surface area contributed by atoms with Crippen LogP contribution < -0.4 is 0 Å². The smallest absolute Gasteiger partial charge is 0.255 e. The molecule has 218 valence electrons. The van der Waals surface area contributed by atoms with E-state index < -0.39 is 6.10 Å². The van der Waals surface area contributed by atoms with E-state index in [2.05, 4.69) is 88.9 Å². The zero-order valence-corrected chi connectivity index (χ0v) is 25.9. The van der Waals surface area contributed by atoms with Crippen LogP contribution in [0.1, 0.15) is 120 Å². The normalized spacial score (nSPS) is 13.3. The maximum Gasteiger partial charge on any atom is 0.255 e. The molecule has 0 fully saturated rings. The predicted molar refractivity (Wildman–Crippen MR) is 171 cm³/mol. The molecule has 0 unspecified atom stereocenters. The molecule has 3 rings (SSSR count). The van der Waals surface area contributed by atoms with Gasteiger partial charge in [-0.3, -0.25) is 4.79 Å². The van der Waals surface area contributed by atoms with Crippen molar-refractivity contribution >= 4 is 16.7 Å². The van der Waals surface area contributed by atoms with Crippen molar-refractivity contribution in [2.45, 2.75) is 118 Å². The van der Waals surface area contributed by atoms with E-state index in [1.807, 2.05) is 24.3 Å². The van der Waals surface area contributed by atoms with Crippen LogP contribution in [0, 0.1) is 11.8 Å². The molecule has 0 spiro atoms. The average molecular weight is 544 g/mol. The Labute approximate surface area is 244 Å². The number of hydrogen-bond acceptors (Lipinski definition) is 2. The third kappa shape index (κ3) is 7.75. The lowest BCUT2D eigenvalue weighted by atomic mass is 9.79. The molecule has 1 amide bonds. The quantitative estimate of drug-likeness (QED) is 0.195. The van der Waals surface area contributed by atoms with Crippen LogP contribution in [0.15, 0.2) is 66.7 Å². The second kappa shape index (κ2) is 16.0. The van der Waals surface area contributed by atoms with Gasteiger partial charge in [-0.2, -0.15) is 0 Å². The zero-order valence-electron chi connectivity index (χ0n) is 25.9. The summed E-state index contributed by atoms with van der Waals surface area (Å²) in [6.45, 7) is 13.3. The number of amides is 1. The highest BCUT2D eigenvalue weighted by atomic mass is 16.3. The first-order chi connectivity index (χ1) is 19.4. The molecular formula is C37H53NO2. The van der Waals surface area contributed by atoms with E-state index in [4.69, 9.17) is 0 Å². The molecule has 0 aromatic heterocycles. The van der Waals surface area contributed by atoms with Crippen LogP contribution in [0.4, 0.5) is 0 Å². The lowest BCUT2D eigenvalue weighted by Crippen LogP contribution is -2.48. The molecule has 2 atom stereocenters. The highest BCUT2D eigenvalue weighted by Crippen LogP contribution is 2.37. The third-order valence-electron chi connectivity index (χ3n) is 8.58. The van der Waals surface area contributed by atoms with Crippen molar-refractivity contribution in [1.82, 2.24) is 4.90 Å². The summed E-state index contributed by atoms with van der Waals surface area (Å²) in [6.07, 6.45) is 8.28. The molecule has 0 radical (unpaired) electrons. The van der Waals surface area contributed by atoms with Crippen molar-refractivity contribution in [1.29, 1.82) is 0 Å². The Bertz CT molecular complexity index is 1140. The van der Waals surface area contributed by atoms with Crippen molar-refractivity contribution in [3.63, 3.8) is 0 Å². The molecule has 3 aromatic rings. The minimum atomic E-state index is -0.739. The Morgan fingerprint density at radius 3 is 1.77 bits per heavy atom. The number of benzene rings is 3. The number of nitrogens with zero attached hydrogens (tertiary/aromatic N) is 1. The fraction of sp³-hybridized carbons (Fsp3) is 0.541. The number of carbonyl (C=O) groups is 1. The fourth-order valence-corrected chi connectivity index (χ4v) is 6.54. The Kier molecular flexibility index (Phi) is 12.7. The SMILES string of the molecule is CCCC(CCC)N(C(=O)c1c([C@H](O)[C@@H](Cc2ccccc2)C(C)C)ccc2ccccc12)C(CCC)CCC. The molecule has 3 heteroatoms. The molecule has 0 aliphatic rings. The van der Waals surface area contributed by atoms with Gasteiger partial charge in [0.05, 0.1) is 11.7 Å². The van der Waals surface area contributed by atoms with Gasteiger partial charge in [0.1, 0.15) is 0 Å². The first-order valence-electron chi connectivity index (χ1n) is 15.9. The van der Waals surface area contributed by atoms with E-state index >= 15 is 4.79 Å². The van der Waals surface area contributed by atoms with Crippen LogP contribution in [-0.2, 0) is 6.42 Å². The zero-order chi connectivity index (χ0) is 29.1. The number of carbonyl (C=O) groups excluding carboxylic acids is 1. The first kappa shape index (κ1) is 31.9. The molecule has 0 saturated heterocycles. The maximum atomic E-state index is 15.0. The number of aliphatic hydroxyl groups excluding tert-OH is 1. The number of rotatable bonds is 16. The minimum absolute atomic E-state index is 0.00674. The Hall–Kier alpha value is -2.65. The van der Waals surface area contributed by atoms with Crippen molar-refractivity contribution < 1.29 is 9.90 Å². The lowest BCUT2D eigenvalue weighted by Gasteiger charge is -2.40. The minimum Gasteiger partial charge on any atom is -0.388 e. The van der Waals surface area contributed by atoms with Gasteiger partial charge in [-0.1, -0.05) is 134 Å². The van der Waals surface area contributed by atoms with Gasteiger partial charge in [-0.25, -0.2) is 0 Å². The van der Waals surface area contributed by atoms with Crippen molar-refractivity contribution in [2.24, 2.45) is 11.8 Å². The van der Waals surface area contributed by atoms with Gasteiger partial charge in [0.15, 0.2) is 0 Å². The molecule has 0 bridgehead atoms. The van der Waals surface area contributed by atoms with E-state index in [9.17, 15) is 5.11 Å². The van der Waals surface area contributed by atoms with Crippen molar-refractivity contribution in [3.8, 4) is 0 Å². The summed E-state index contributed by atoms with van der Waals surface area (Å²) in [6, 6.07) is 23.2. The lowest BCUT2D eigenvalue weighted by molar-refractivity contribution is 0.0490. The summed E-state index contributed by atoms with van der Waals surface area (Å²) in [4.78, 5) is 17.3. The third-order valence-corrected chi connectivity index (χ3v) is 8.58. The van der Waals surface area contributed by atoms with Gasteiger partial charge in [-0.05, 0) is 65.8 Å².